The van der Waals surface area contributed by atoms with Crippen molar-refractivity contribution < 1.29 is 14.3 Å². The molecule has 1 unspecified atom stereocenters. The van der Waals surface area contributed by atoms with Crippen molar-refractivity contribution in [2.45, 2.75) is 19.9 Å². The Morgan fingerprint density at radius 2 is 1.88 bits per heavy atom. The number of benzene rings is 2. The van der Waals surface area contributed by atoms with Gasteiger partial charge in [-0.25, -0.2) is 0 Å². The number of hydrogen-bond donors (Lipinski definition) is 2. The third-order valence-electron chi connectivity index (χ3n) is 3.55. The molecule has 0 fully saturated rings. The number of amides is 2. The first-order valence-electron chi connectivity index (χ1n) is 7.43. The van der Waals surface area contributed by atoms with Gasteiger partial charge in [-0.3, -0.25) is 9.59 Å². The lowest BCUT2D eigenvalue weighted by Crippen LogP contribution is -2.41. The molecule has 0 spiro atoms. The standard InChI is InChI=1S/C18H19ClN2O3/c1-11-6-4-5-7-14(11)18(23)20-12(2)17(22)21-15-10-13(19)8-9-16(15)24-3/h4-10,12H,1-3H3,(H,20,23)(H,21,22). The quantitative estimate of drug-likeness (QED) is 0.871. The van der Waals surface area contributed by atoms with E-state index in [9.17, 15) is 9.59 Å². The van der Waals surface area contributed by atoms with E-state index in [-0.39, 0.29) is 11.8 Å². The molecule has 126 valence electrons. The van der Waals surface area contributed by atoms with Crippen LogP contribution in [0.2, 0.25) is 5.02 Å². The van der Waals surface area contributed by atoms with E-state index in [1.807, 2.05) is 19.1 Å². The molecule has 2 N–H and O–H groups in total. The summed E-state index contributed by atoms with van der Waals surface area (Å²) in [6.45, 7) is 3.46. The van der Waals surface area contributed by atoms with Gasteiger partial charge >= 0.3 is 0 Å². The second-order valence-electron chi connectivity index (χ2n) is 5.34. The van der Waals surface area contributed by atoms with Crippen LogP contribution >= 0.6 is 11.6 Å². The Balaban J connectivity index is 2.06. The van der Waals surface area contributed by atoms with Gasteiger partial charge < -0.3 is 15.4 Å². The first-order chi connectivity index (χ1) is 11.4. The minimum absolute atomic E-state index is 0.297. The van der Waals surface area contributed by atoms with Crippen LogP contribution in [0.3, 0.4) is 0 Å². The number of rotatable bonds is 5. The molecule has 0 saturated carbocycles. The lowest BCUT2D eigenvalue weighted by Gasteiger charge is -2.16. The highest BCUT2D eigenvalue weighted by Crippen LogP contribution is 2.27. The maximum Gasteiger partial charge on any atom is 0.252 e. The summed E-state index contributed by atoms with van der Waals surface area (Å²) in [7, 11) is 1.50. The second kappa shape index (κ2) is 7.84. The molecule has 0 aliphatic rings. The van der Waals surface area contributed by atoms with Gasteiger partial charge in [0.1, 0.15) is 11.8 Å². The highest BCUT2D eigenvalue weighted by molar-refractivity contribution is 6.31. The van der Waals surface area contributed by atoms with Crippen LogP contribution in [0.4, 0.5) is 5.69 Å². The molecule has 1 atom stereocenters. The average Bonchev–Trinajstić information content (AvgIpc) is 2.55. The molecule has 0 aliphatic heterocycles. The number of methoxy groups -OCH3 is 1. The van der Waals surface area contributed by atoms with E-state index < -0.39 is 6.04 Å². The zero-order valence-electron chi connectivity index (χ0n) is 13.7. The van der Waals surface area contributed by atoms with Crippen LogP contribution in [0.25, 0.3) is 0 Å². The van der Waals surface area contributed by atoms with Gasteiger partial charge in [0.05, 0.1) is 12.8 Å². The monoisotopic (exact) mass is 346 g/mol. The van der Waals surface area contributed by atoms with E-state index in [0.717, 1.165) is 5.56 Å². The molecule has 6 heteroatoms. The van der Waals surface area contributed by atoms with Gasteiger partial charge in [-0.05, 0) is 43.7 Å². The Kier molecular flexibility index (Phi) is 5.82. The van der Waals surface area contributed by atoms with Gasteiger partial charge in [-0.1, -0.05) is 29.8 Å². The average molecular weight is 347 g/mol. The zero-order chi connectivity index (χ0) is 17.7. The summed E-state index contributed by atoms with van der Waals surface area (Å²) in [5, 5.41) is 5.87. The smallest absolute Gasteiger partial charge is 0.252 e. The molecule has 0 aromatic heterocycles. The van der Waals surface area contributed by atoms with Crippen molar-refractivity contribution in [2.24, 2.45) is 0 Å². The molecular weight excluding hydrogens is 328 g/mol. The highest BCUT2D eigenvalue weighted by atomic mass is 35.5. The van der Waals surface area contributed by atoms with E-state index in [0.29, 0.717) is 22.0 Å². The third-order valence-corrected chi connectivity index (χ3v) is 3.79. The fourth-order valence-corrected chi connectivity index (χ4v) is 2.36. The van der Waals surface area contributed by atoms with Crippen LogP contribution in [0.1, 0.15) is 22.8 Å². The topological polar surface area (TPSA) is 67.4 Å². The molecule has 0 saturated heterocycles. The number of halogens is 1. The number of anilines is 1. The Morgan fingerprint density at radius 1 is 1.17 bits per heavy atom. The van der Waals surface area contributed by atoms with Crippen LogP contribution in [0, 0.1) is 6.92 Å². The van der Waals surface area contributed by atoms with Crippen molar-refractivity contribution in [1.29, 1.82) is 0 Å². The molecule has 5 nitrogen and oxygen atoms in total. The molecule has 2 aromatic rings. The number of hydrogen-bond acceptors (Lipinski definition) is 3. The summed E-state index contributed by atoms with van der Waals surface area (Å²) in [6, 6.07) is 11.4. The Labute approximate surface area is 146 Å². The van der Waals surface area contributed by atoms with Crippen molar-refractivity contribution in [3.8, 4) is 5.75 Å². The summed E-state index contributed by atoms with van der Waals surface area (Å²) < 4.78 is 5.19. The summed E-state index contributed by atoms with van der Waals surface area (Å²) in [4.78, 5) is 24.6. The van der Waals surface area contributed by atoms with Gasteiger partial charge in [-0.15, -0.1) is 0 Å². The Bertz CT molecular complexity index is 762. The molecule has 2 amide bonds. The maximum atomic E-state index is 12.3. The fraction of sp³-hybridized carbons (Fsp3) is 0.222. The maximum absolute atomic E-state index is 12.3. The van der Waals surface area contributed by atoms with Crippen LogP contribution in [0.5, 0.6) is 5.75 Å². The summed E-state index contributed by atoms with van der Waals surface area (Å²) >= 11 is 5.94. The molecule has 24 heavy (non-hydrogen) atoms. The Morgan fingerprint density at radius 3 is 2.54 bits per heavy atom. The minimum Gasteiger partial charge on any atom is -0.495 e. The lowest BCUT2D eigenvalue weighted by molar-refractivity contribution is -0.117. The van der Waals surface area contributed by atoms with E-state index in [1.165, 1.54) is 7.11 Å². The number of nitrogens with one attached hydrogen (secondary N) is 2. The van der Waals surface area contributed by atoms with Crippen molar-refractivity contribution >= 4 is 29.1 Å². The largest absolute Gasteiger partial charge is 0.495 e. The van der Waals surface area contributed by atoms with Gasteiger partial charge in [-0.2, -0.15) is 0 Å². The van der Waals surface area contributed by atoms with Gasteiger partial charge in [0.25, 0.3) is 5.91 Å². The molecule has 0 radical (unpaired) electrons. The molecule has 2 aromatic carbocycles. The van der Waals surface area contributed by atoms with E-state index in [4.69, 9.17) is 16.3 Å². The number of carbonyl (C=O) groups is 2. The first-order valence-corrected chi connectivity index (χ1v) is 7.81. The molecule has 0 bridgehead atoms. The molecule has 0 aliphatic carbocycles. The van der Waals surface area contributed by atoms with Crippen molar-refractivity contribution in [3.05, 3.63) is 58.6 Å². The van der Waals surface area contributed by atoms with Crippen LogP contribution in [0.15, 0.2) is 42.5 Å². The van der Waals surface area contributed by atoms with Crippen molar-refractivity contribution in [1.82, 2.24) is 5.32 Å². The Hall–Kier alpha value is -2.53. The van der Waals surface area contributed by atoms with E-state index >= 15 is 0 Å². The zero-order valence-corrected chi connectivity index (χ0v) is 14.5. The van der Waals surface area contributed by atoms with Crippen LogP contribution in [-0.2, 0) is 4.79 Å². The van der Waals surface area contributed by atoms with Crippen LogP contribution in [-0.4, -0.2) is 25.0 Å². The van der Waals surface area contributed by atoms with Crippen molar-refractivity contribution in [3.63, 3.8) is 0 Å². The van der Waals surface area contributed by atoms with Gasteiger partial charge in [0.2, 0.25) is 5.91 Å². The third kappa shape index (κ3) is 4.26. The number of aryl methyl sites for hydroxylation is 1. The normalized spacial score (nSPS) is 11.5. The number of ether oxygens (including phenoxy) is 1. The summed E-state index contributed by atoms with van der Waals surface area (Å²) in [5.41, 5.74) is 1.84. The van der Waals surface area contributed by atoms with Crippen molar-refractivity contribution in [2.75, 3.05) is 12.4 Å². The molecule has 2 rings (SSSR count). The highest BCUT2D eigenvalue weighted by Gasteiger charge is 2.19. The fourth-order valence-electron chi connectivity index (χ4n) is 2.19. The second-order valence-corrected chi connectivity index (χ2v) is 5.78. The first kappa shape index (κ1) is 17.8. The van der Waals surface area contributed by atoms with E-state index in [2.05, 4.69) is 10.6 Å². The lowest BCUT2D eigenvalue weighted by atomic mass is 10.1. The van der Waals surface area contributed by atoms with Gasteiger partial charge in [0, 0.05) is 10.6 Å². The summed E-state index contributed by atoms with van der Waals surface area (Å²) in [6.07, 6.45) is 0. The predicted octanol–water partition coefficient (Wildman–Crippen LogP) is 3.41. The summed E-state index contributed by atoms with van der Waals surface area (Å²) in [5.74, 6) is -0.170. The molecule has 0 heterocycles. The SMILES string of the molecule is COc1ccc(Cl)cc1NC(=O)C(C)NC(=O)c1ccccc1C. The minimum atomic E-state index is -0.721. The molecular formula is C18H19ClN2O3. The van der Waals surface area contributed by atoms with Crippen LogP contribution < -0.4 is 15.4 Å². The number of carbonyl (C=O) groups excluding carboxylic acids is 2. The van der Waals surface area contributed by atoms with Gasteiger partial charge in [0.15, 0.2) is 0 Å². The van der Waals surface area contributed by atoms with E-state index in [1.54, 1.807) is 37.3 Å². The predicted molar refractivity (Wildman–Crippen MR) is 94.7 cm³/mol.